The van der Waals surface area contributed by atoms with Crippen molar-refractivity contribution in [3.8, 4) is 5.75 Å². The molecule has 0 saturated carbocycles. The number of rotatable bonds is 4. The standard InChI is InChI=1S/C12H16O2.C2H6/c1-4-14-12-6-9(2)5-11(8-12)7-10(3)13;1-2/h5-6,8H,4,7H2,1-3H3;1-2H3. The topological polar surface area (TPSA) is 26.3 Å². The second kappa shape index (κ2) is 7.91. The fourth-order valence-electron chi connectivity index (χ4n) is 1.46. The molecule has 0 unspecified atom stereocenters. The summed E-state index contributed by atoms with van der Waals surface area (Å²) in [5.41, 5.74) is 2.16. The summed E-state index contributed by atoms with van der Waals surface area (Å²) in [5, 5.41) is 0. The number of hydrogen-bond acceptors (Lipinski definition) is 2. The van der Waals surface area contributed by atoms with E-state index in [0.29, 0.717) is 13.0 Å². The van der Waals surface area contributed by atoms with Crippen molar-refractivity contribution in [2.75, 3.05) is 6.61 Å². The van der Waals surface area contributed by atoms with Crippen molar-refractivity contribution in [3.63, 3.8) is 0 Å². The monoisotopic (exact) mass is 222 g/mol. The fourth-order valence-corrected chi connectivity index (χ4v) is 1.46. The molecule has 0 N–H and O–H groups in total. The van der Waals surface area contributed by atoms with Gasteiger partial charge in [0.15, 0.2) is 0 Å². The summed E-state index contributed by atoms with van der Waals surface area (Å²) in [7, 11) is 0. The molecule has 2 heteroatoms. The van der Waals surface area contributed by atoms with E-state index in [1.54, 1.807) is 6.92 Å². The Morgan fingerprint density at radius 2 is 1.88 bits per heavy atom. The summed E-state index contributed by atoms with van der Waals surface area (Å²) >= 11 is 0. The van der Waals surface area contributed by atoms with Gasteiger partial charge in [-0.2, -0.15) is 0 Å². The first kappa shape index (κ1) is 14.7. The summed E-state index contributed by atoms with van der Waals surface area (Å²) in [5.74, 6) is 1.03. The maximum Gasteiger partial charge on any atom is 0.134 e. The molecule has 0 aromatic heterocycles. The van der Waals surface area contributed by atoms with Crippen LogP contribution in [0, 0.1) is 6.92 Å². The number of Topliss-reactive ketones (excluding diaryl/α,β-unsaturated/α-hetero) is 1. The lowest BCUT2D eigenvalue weighted by atomic mass is 10.1. The van der Waals surface area contributed by atoms with Gasteiger partial charge in [-0.15, -0.1) is 0 Å². The Balaban J connectivity index is 0.00000106. The Hall–Kier alpha value is -1.31. The van der Waals surface area contributed by atoms with Gasteiger partial charge < -0.3 is 4.74 Å². The first-order valence-electron chi connectivity index (χ1n) is 5.84. The van der Waals surface area contributed by atoms with Gasteiger partial charge in [0.2, 0.25) is 0 Å². The molecule has 0 atom stereocenters. The SMILES string of the molecule is CC.CCOc1cc(C)cc(CC(C)=O)c1. The van der Waals surface area contributed by atoms with Crippen LogP contribution in [0.3, 0.4) is 0 Å². The predicted molar refractivity (Wildman–Crippen MR) is 68.1 cm³/mol. The van der Waals surface area contributed by atoms with Crippen LogP contribution in [0.15, 0.2) is 18.2 Å². The van der Waals surface area contributed by atoms with E-state index in [1.165, 1.54) is 0 Å². The van der Waals surface area contributed by atoms with E-state index in [4.69, 9.17) is 4.74 Å². The number of carbonyl (C=O) groups excluding carboxylic acids is 1. The van der Waals surface area contributed by atoms with Crippen LogP contribution in [-0.2, 0) is 11.2 Å². The molecule has 0 bridgehead atoms. The second-order valence-electron chi connectivity index (χ2n) is 3.47. The summed E-state index contributed by atoms with van der Waals surface area (Å²) in [6.07, 6.45) is 0.488. The minimum Gasteiger partial charge on any atom is -0.494 e. The van der Waals surface area contributed by atoms with Crippen molar-refractivity contribution in [1.82, 2.24) is 0 Å². The average molecular weight is 222 g/mol. The van der Waals surface area contributed by atoms with Crippen molar-refractivity contribution >= 4 is 5.78 Å². The van der Waals surface area contributed by atoms with E-state index < -0.39 is 0 Å². The average Bonchev–Trinajstić information content (AvgIpc) is 2.19. The molecule has 0 saturated heterocycles. The number of aryl methyl sites for hydroxylation is 1. The molecule has 0 amide bonds. The normalized spacial score (nSPS) is 9.06. The van der Waals surface area contributed by atoms with Crippen LogP contribution in [-0.4, -0.2) is 12.4 Å². The molecule has 0 radical (unpaired) electrons. The Bertz CT molecular complexity index is 330. The van der Waals surface area contributed by atoms with Gasteiger partial charge >= 0.3 is 0 Å². The Kier molecular flexibility index (Phi) is 7.27. The van der Waals surface area contributed by atoms with Crippen LogP contribution in [0.4, 0.5) is 0 Å². The molecule has 1 aromatic carbocycles. The molecular weight excluding hydrogens is 200 g/mol. The number of hydrogen-bond donors (Lipinski definition) is 0. The third kappa shape index (κ3) is 5.54. The van der Waals surface area contributed by atoms with Gasteiger partial charge in [-0.05, 0) is 44.0 Å². The van der Waals surface area contributed by atoms with Gasteiger partial charge in [0.05, 0.1) is 6.61 Å². The number of benzene rings is 1. The lowest BCUT2D eigenvalue weighted by Crippen LogP contribution is -1.98. The molecule has 0 heterocycles. The van der Waals surface area contributed by atoms with Gasteiger partial charge in [-0.1, -0.05) is 19.9 Å². The molecule has 0 aliphatic heterocycles. The zero-order valence-electron chi connectivity index (χ0n) is 11.0. The largest absolute Gasteiger partial charge is 0.494 e. The van der Waals surface area contributed by atoms with E-state index in [0.717, 1.165) is 16.9 Å². The fraction of sp³-hybridized carbons (Fsp3) is 0.500. The highest BCUT2D eigenvalue weighted by Crippen LogP contribution is 2.17. The van der Waals surface area contributed by atoms with Crippen molar-refractivity contribution in [3.05, 3.63) is 29.3 Å². The van der Waals surface area contributed by atoms with Crippen LogP contribution < -0.4 is 4.74 Å². The smallest absolute Gasteiger partial charge is 0.134 e. The van der Waals surface area contributed by atoms with E-state index >= 15 is 0 Å². The zero-order chi connectivity index (χ0) is 12.6. The molecular formula is C14H22O2. The highest BCUT2D eigenvalue weighted by Gasteiger charge is 2.01. The minimum absolute atomic E-state index is 0.179. The first-order chi connectivity index (χ1) is 7.61. The highest BCUT2D eigenvalue weighted by atomic mass is 16.5. The lowest BCUT2D eigenvalue weighted by Gasteiger charge is -2.06. The van der Waals surface area contributed by atoms with Crippen LogP contribution in [0.2, 0.25) is 0 Å². The summed E-state index contributed by atoms with van der Waals surface area (Å²) in [6, 6.07) is 5.93. The van der Waals surface area contributed by atoms with Gasteiger partial charge in [0.1, 0.15) is 11.5 Å². The van der Waals surface area contributed by atoms with Gasteiger partial charge in [0.25, 0.3) is 0 Å². The number of carbonyl (C=O) groups is 1. The number of ether oxygens (including phenoxy) is 1. The molecule has 0 aliphatic rings. The summed E-state index contributed by atoms with van der Waals surface area (Å²) in [6.45, 7) is 10.2. The van der Waals surface area contributed by atoms with E-state index in [1.807, 2.05) is 45.9 Å². The van der Waals surface area contributed by atoms with Crippen LogP contribution in [0.1, 0.15) is 38.8 Å². The third-order valence-electron chi connectivity index (χ3n) is 1.87. The van der Waals surface area contributed by atoms with Crippen molar-refractivity contribution < 1.29 is 9.53 Å². The van der Waals surface area contributed by atoms with Crippen molar-refractivity contribution in [2.24, 2.45) is 0 Å². The summed E-state index contributed by atoms with van der Waals surface area (Å²) < 4.78 is 5.40. The van der Waals surface area contributed by atoms with Crippen LogP contribution in [0.25, 0.3) is 0 Å². The van der Waals surface area contributed by atoms with E-state index in [2.05, 4.69) is 0 Å². The van der Waals surface area contributed by atoms with Crippen molar-refractivity contribution in [1.29, 1.82) is 0 Å². The van der Waals surface area contributed by atoms with Crippen molar-refractivity contribution in [2.45, 2.75) is 41.0 Å². The minimum atomic E-state index is 0.179. The second-order valence-corrected chi connectivity index (χ2v) is 3.47. The maximum absolute atomic E-state index is 11.0. The molecule has 0 aliphatic carbocycles. The molecule has 0 fully saturated rings. The molecule has 1 rings (SSSR count). The van der Waals surface area contributed by atoms with Crippen LogP contribution >= 0.6 is 0 Å². The lowest BCUT2D eigenvalue weighted by molar-refractivity contribution is -0.116. The quantitative estimate of drug-likeness (QED) is 0.778. The third-order valence-corrected chi connectivity index (χ3v) is 1.87. The van der Waals surface area contributed by atoms with Gasteiger partial charge in [-0.3, -0.25) is 4.79 Å². The molecule has 0 spiro atoms. The zero-order valence-corrected chi connectivity index (χ0v) is 11.0. The molecule has 90 valence electrons. The Labute approximate surface area is 98.6 Å². The molecule has 1 aromatic rings. The van der Waals surface area contributed by atoms with Gasteiger partial charge in [0, 0.05) is 6.42 Å². The Morgan fingerprint density at radius 1 is 1.25 bits per heavy atom. The summed E-state index contributed by atoms with van der Waals surface area (Å²) in [4.78, 5) is 11.0. The molecule has 2 nitrogen and oxygen atoms in total. The van der Waals surface area contributed by atoms with E-state index in [9.17, 15) is 4.79 Å². The van der Waals surface area contributed by atoms with E-state index in [-0.39, 0.29) is 5.78 Å². The first-order valence-corrected chi connectivity index (χ1v) is 5.84. The van der Waals surface area contributed by atoms with Crippen LogP contribution in [0.5, 0.6) is 5.75 Å². The maximum atomic E-state index is 11.0. The van der Waals surface area contributed by atoms with Gasteiger partial charge in [-0.25, -0.2) is 0 Å². The molecule has 16 heavy (non-hydrogen) atoms. The highest BCUT2D eigenvalue weighted by molar-refractivity contribution is 5.78. The predicted octanol–water partition coefficient (Wildman–Crippen LogP) is 3.55. The number of ketones is 1. The Morgan fingerprint density at radius 3 is 2.38 bits per heavy atom.